The van der Waals surface area contributed by atoms with Crippen molar-refractivity contribution in [2.45, 2.75) is 50.9 Å². The van der Waals surface area contributed by atoms with Crippen molar-refractivity contribution in [1.82, 2.24) is 39.7 Å². The summed E-state index contributed by atoms with van der Waals surface area (Å²) >= 11 is 18.3. The number of nitro benzene ring substituents is 2. The topological polar surface area (TPSA) is 214 Å². The van der Waals surface area contributed by atoms with Crippen LogP contribution in [0.2, 0.25) is 15.3 Å². The molecule has 20 heteroatoms. The highest BCUT2D eigenvalue weighted by Crippen LogP contribution is 2.34. The number of fused-ring (bicyclic) bond motifs is 2. The van der Waals surface area contributed by atoms with Crippen molar-refractivity contribution >= 4 is 86.3 Å². The predicted molar refractivity (Wildman–Crippen MR) is 272 cm³/mol. The average Bonchev–Trinajstić information content (AvgIpc) is 3.97. The summed E-state index contributed by atoms with van der Waals surface area (Å²) in [6, 6.07) is 30.3. The number of benzene rings is 4. The van der Waals surface area contributed by atoms with Crippen LogP contribution < -0.4 is 11.1 Å². The lowest BCUT2D eigenvalue weighted by Crippen LogP contribution is -2.39. The van der Waals surface area contributed by atoms with Crippen LogP contribution in [0.3, 0.4) is 0 Å². The number of likely N-dealkylation sites (tertiary alicyclic amines) is 2. The van der Waals surface area contributed by atoms with E-state index < -0.39 is 0 Å². The molecule has 16 nitrogen and oxygen atoms in total. The summed E-state index contributed by atoms with van der Waals surface area (Å²) in [6.45, 7) is 5.21. The number of nitrogens with one attached hydrogen (secondary N) is 3. The number of non-ortho nitro benzene ring substituents is 2. The Morgan fingerprint density at radius 1 is 0.647 bits per heavy atom. The van der Waals surface area contributed by atoms with Gasteiger partial charge in [-0.25, -0.2) is 19.9 Å². The minimum atomic E-state index is -0.352. The molecule has 0 radical (unpaired) electrons. The Kier molecular flexibility index (Phi) is 16.9. The second kappa shape index (κ2) is 23.2. The largest absolute Gasteiger partial charge is 0.360 e. The number of hydrogen-bond donors (Lipinski definition) is 4. The van der Waals surface area contributed by atoms with Gasteiger partial charge in [-0.2, -0.15) is 0 Å². The van der Waals surface area contributed by atoms with Crippen molar-refractivity contribution in [3.05, 3.63) is 169 Å². The first kappa shape index (κ1) is 49.7. The van der Waals surface area contributed by atoms with Gasteiger partial charge in [0, 0.05) is 108 Å². The summed E-state index contributed by atoms with van der Waals surface area (Å²) in [5, 5.41) is 28.4. The summed E-state index contributed by atoms with van der Waals surface area (Å²) in [6.07, 6.45) is 10.8. The molecule has 6 heterocycles. The van der Waals surface area contributed by atoms with Gasteiger partial charge in [-0.3, -0.25) is 30.0 Å². The number of para-hydroxylation sites is 2. The van der Waals surface area contributed by atoms with E-state index in [0.717, 1.165) is 102 Å². The van der Waals surface area contributed by atoms with Gasteiger partial charge in [-0.05, 0) is 73.6 Å². The van der Waals surface area contributed by atoms with E-state index in [9.17, 15) is 20.2 Å². The third kappa shape index (κ3) is 12.6. The Morgan fingerprint density at radius 2 is 1.12 bits per heavy atom. The van der Waals surface area contributed by atoms with E-state index in [1.165, 1.54) is 18.3 Å². The van der Waals surface area contributed by atoms with E-state index in [1.807, 2.05) is 73.1 Å². The molecule has 0 aliphatic carbocycles. The molecule has 0 atom stereocenters. The van der Waals surface area contributed by atoms with E-state index in [-0.39, 0.29) is 45.0 Å². The Bertz CT molecular complexity index is 2990. The zero-order valence-electron chi connectivity index (χ0n) is 36.6. The molecule has 8 aromatic rings. The van der Waals surface area contributed by atoms with E-state index >= 15 is 0 Å². The van der Waals surface area contributed by atoms with E-state index in [1.54, 1.807) is 30.5 Å². The number of halogens is 4. The molecular formula is C48H48Cl4N12O4. The first-order chi connectivity index (χ1) is 32.5. The molecule has 0 saturated carbocycles. The number of nitrogens with zero attached hydrogens (tertiary/aromatic N) is 8. The smallest absolute Gasteiger partial charge is 0.269 e. The number of nitrogens with two attached hydrogens (primary N) is 1. The van der Waals surface area contributed by atoms with Crippen LogP contribution in [0.4, 0.5) is 17.3 Å². The SMILES string of the molecule is Cl.Clc1ncc(Cl)c(-c2c[nH]c3ccccc23)n1.NC1CCN(Cc2cccc([N+](=O)[O-])c2)CC1.O=[N+]([O-])c1cccc(CN2CCC(Nc3ncc(Cl)c(-c4c[nH]c5ccccc45)n3)CC2)c1. The zero-order chi connectivity index (χ0) is 46.9. The normalized spacial score (nSPS) is 14.6. The first-order valence-electron chi connectivity index (χ1n) is 21.7. The fraction of sp³-hybridized carbons (Fsp3) is 0.250. The van der Waals surface area contributed by atoms with Crippen LogP contribution in [-0.2, 0) is 13.1 Å². The van der Waals surface area contributed by atoms with Crippen molar-refractivity contribution in [3.63, 3.8) is 0 Å². The molecule has 2 fully saturated rings. The molecule has 4 aromatic carbocycles. The fourth-order valence-corrected chi connectivity index (χ4v) is 8.80. The standard InChI is InChI=1S/C24H23ClN6O2.C12H7Cl2N3.C12H17N3O2.ClH/c25-21-14-27-24(29-23(21)20-13-26-22-7-2-1-6-19(20)22)28-17-8-10-30(11-9-17)15-16-4-3-5-18(12-16)31(32)33;13-9-6-16-12(14)17-11(9)8-5-15-10-4-2-1-3-7(8)10;13-11-4-6-14(7-5-11)9-10-2-1-3-12(8-10)15(16)17;/h1-7,12-14,17,26H,8-11,15H2,(H,27,28,29);1-6,15H;1-3,8,11H,4-7,9,13H2;1H. The number of aromatic nitrogens is 6. The highest BCUT2D eigenvalue weighted by molar-refractivity contribution is 6.34. The number of H-pyrrole nitrogens is 2. The number of aromatic amines is 2. The van der Waals surface area contributed by atoms with Crippen LogP contribution in [0.25, 0.3) is 44.3 Å². The van der Waals surface area contributed by atoms with Gasteiger partial charge in [0.25, 0.3) is 11.4 Å². The molecule has 0 amide bonds. The molecule has 10 rings (SSSR count). The van der Waals surface area contributed by atoms with Gasteiger partial charge in [0.2, 0.25) is 11.2 Å². The number of rotatable bonds is 10. The van der Waals surface area contributed by atoms with Gasteiger partial charge < -0.3 is 21.0 Å². The quantitative estimate of drug-likeness (QED) is 0.0572. The van der Waals surface area contributed by atoms with Gasteiger partial charge in [-0.15, -0.1) is 12.4 Å². The first-order valence-corrected chi connectivity index (χ1v) is 22.9. The summed E-state index contributed by atoms with van der Waals surface area (Å²) in [7, 11) is 0. The maximum absolute atomic E-state index is 11.0. The monoisotopic (exact) mass is 996 g/mol. The lowest BCUT2D eigenvalue weighted by Gasteiger charge is -2.32. The Hall–Kier alpha value is -6.24. The van der Waals surface area contributed by atoms with Gasteiger partial charge >= 0.3 is 0 Å². The maximum atomic E-state index is 11.0. The molecule has 352 valence electrons. The van der Waals surface area contributed by atoms with Crippen LogP contribution in [0.5, 0.6) is 0 Å². The molecule has 0 spiro atoms. The molecule has 2 aliphatic rings. The third-order valence-corrected chi connectivity index (χ3v) is 12.5. The third-order valence-electron chi connectivity index (χ3n) is 11.8. The van der Waals surface area contributed by atoms with Crippen LogP contribution in [0.15, 0.2) is 122 Å². The van der Waals surface area contributed by atoms with Crippen molar-refractivity contribution in [3.8, 4) is 22.5 Å². The molecular weight excluding hydrogens is 950 g/mol. The van der Waals surface area contributed by atoms with E-state index in [4.69, 9.17) is 45.5 Å². The van der Waals surface area contributed by atoms with Gasteiger partial charge in [0.05, 0.1) is 43.7 Å². The second-order valence-electron chi connectivity index (χ2n) is 16.4. The predicted octanol–water partition coefficient (Wildman–Crippen LogP) is 11.1. The lowest BCUT2D eigenvalue weighted by atomic mass is 10.0. The van der Waals surface area contributed by atoms with Crippen LogP contribution in [-0.4, -0.2) is 87.8 Å². The number of anilines is 1. The number of hydrogen-bond acceptors (Lipinski definition) is 12. The molecule has 68 heavy (non-hydrogen) atoms. The van der Waals surface area contributed by atoms with Gasteiger partial charge in [0.15, 0.2) is 0 Å². The summed E-state index contributed by atoms with van der Waals surface area (Å²) < 4.78 is 0. The minimum Gasteiger partial charge on any atom is -0.360 e. The van der Waals surface area contributed by atoms with Crippen LogP contribution in [0.1, 0.15) is 36.8 Å². The molecule has 2 saturated heterocycles. The lowest BCUT2D eigenvalue weighted by molar-refractivity contribution is -0.385. The molecule has 0 bridgehead atoms. The van der Waals surface area contributed by atoms with Crippen molar-refractivity contribution in [2.24, 2.45) is 5.73 Å². The van der Waals surface area contributed by atoms with Crippen molar-refractivity contribution in [1.29, 1.82) is 0 Å². The zero-order valence-corrected chi connectivity index (χ0v) is 39.7. The van der Waals surface area contributed by atoms with Crippen molar-refractivity contribution in [2.75, 3.05) is 31.5 Å². The Morgan fingerprint density at radius 3 is 1.63 bits per heavy atom. The maximum Gasteiger partial charge on any atom is 0.269 e. The van der Waals surface area contributed by atoms with E-state index in [2.05, 4.69) is 40.0 Å². The number of nitro groups is 2. The summed E-state index contributed by atoms with van der Waals surface area (Å²) in [5.41, 5.74) is 13.4. The minimum absolute atomic E-state index is 0. The molecule has 0 unspecified atom stereocenters. The highest BCUT2D eigenvalue weighted by atomic mass is 35.5. The van der Waals surface area contributed by atoms with Crippen LogP contribution >= 0.6 is 47.2 Å². The number of piperidine rings is 2. The highest BCUT2D eigenvalue weighted by Gasteiger charge is 2.22. The molecule has 4 aromatic heterocycles. The Balaban J connectivity index is 0.000000165. The van der Waals surface area contributed by atoms with Crippen LogP contribution in [0, 0.1) is 20.2 Å². The summed E-state index contributed by atoms with van der Waals surface area (Å²) in [4.78, 5) is 49.1. The molecule has 5 N–H and O–H groups in total. The summed E-state index contributed by atoms with van der Waals surface area (Å²) in [5.74, 6) is 0.566. The van der Waals surface area contributed by atoms with E-state index in [0.29, 0.717) is 40.0 Å². The van der Waals surface area contributed by atoms with Gasteiger partial charge in [-0.1, -0.05) is 83.9 Å². The fourth-order valence-electron chi connectivity index (χ4n) is 8.28. The average molecular weight is 999 g/mol. The van der Waals surface area contributed by atoms with Gasteiger partial charge in [0.1, 0.15) is 0 Å². The van der Waals surface area contributed by atoms with Crippen molar-refractivity contribution < 1.29 is 9.85 Å². The Labute approximate surface area is 413 Å². The second-order valence-corrected chi connectivity index (χ2v) is 17.5. The molecule has 2 aliphatic heterocycles.